The van der Waals surface area contributed by atoms with Crippen LogP contribution in [-0.2, 0) is 4.74 Å². The second kappa shape index (κ2) is 7.04. The third-order valence-electron chi connectivity index (χ3n) is 4.37. The highest BCUT2D eigenvalue weighted by Gasteiger charge is 2.27. The van der Waals surface area contributed by atoms with Crippen molar-refractivity contribution < 1.29 is 23.5 Å². The van der Waals surface area contributed by atoms with Crippen molar-refractivity contribution in [3.05, 3.63) is 57.6 Å². The van der Waals surface area contributed by atoms with E-state index in [1.165, 1.54) is 19.9 Å². The van der Waals surface area contributed by atoms with Crippen molar-refractivity contribution in [2.75, 3.05) is 0 Å². The van der Waals surface area contributed by atoms with Crippen molar-refractivity contribution in [1.29, 1.82) is 0 Å². The Morgan fingerprint density at radius 3 is 2.52 bits per heavy atom. The Morgan fingerprint density at radius 1 is 1.19 bits per heavy atom. The molecular formula is C20H18ClNO5. The maximum absolute atomic E-state index is 12.7. The van der Waals surface area contributed by atoms with Gasteiger partial charge in [0.2, 0.25) is 11.5 Å². The molecule has 0 aliphatic carbocycles. The molecular weight excluding hydrogens is 370 g/mol. The lowest BCUT2D eigenvalue weighted by atomic mass is 10.0. The van der Waals surface area contributed by atoms with E-state index in [9.17, 15) is 14.4 Å². The van der Waals surface area contributed by atoms with Gasteiger partial charge in [0.05, 0.1) is 5.69 Å². The summed E-state index contributed by atoms with van der Waals surface area (Å²) in [5, 5.41) is 1.18. The minimum absolute atomic E-state index is 0.0178. The van der Waals surface area contributed by atoms with Gasteiger partial charge in [0.15, 0.2) is 11.9 Å². The molecule has 6 nitrogen and oxygen atoms in total. The molecule has 3 rings (SSSR count). The van der Waals surface area contributed by atoms with E-state index in [2.05, 4.69) is 4.98 Å². The van der Waals surface area contributed by atoms with Crippen LogP contribution in [0.5, 0.6) is 0 Å². The quantitative estimate of drug-likeness (QED) is 0.508. The van der Waals surface area contributed by atoms with E-state index in [0.29, 0.717) is 32.8 Å². The number of fused-ring (bicyclic) bond motifs is 1. The third kappa shape index (κ3) is 3.53. The number of nitrogens with one attached hydrogen (secondary N) is 1. The molecule has 140 valence electrons. The standard InChI is InChI=1S/C20H18ClNO5/c1-9-17(11(3)23)10(2)22-18(9)19(24)12(4)26-20(25)16-8-13-7-14(21)5-6-15(13)27-16/h5-8,12,22H,1-4H3/t12-/m0/s1. The average Bonchev–Trinajstić information content (AvgIpc) is 3.14. The molecule has 1 aromatic carbocycles. The zero-order chi connectivity index (χ0) is 19.9. The summed E-state index contributed by atoms with van der Waals surface area (Å²) in [4.78, 5) is 39.7. The van der Waals surface area contributed by atoms with Gasteiger partial charge in [0, 0.05) is 21.7 Å². The number of aromatic amines is 1. The van der Waals surface area contributed by atoms with Gasteiger partial charge < -0.3 is 14.1 Å². The lowest BCUT2D eigenvalue weighted by Gasteiger charge is -2.11. The molecule has 0 unspecified atom stereocenters. The number of carbonyl (C=O) groups excluding carboxylic acids is 3. The van der Waals surface area contributed by atoms with Gasteiger partial charge in [-0.3, -0.25) is 9.59 Å². The van der Waals surface area contributed by atoms with Crippen LogP contribution in [-0.4, -0.2) is 28.6 Å². The number of furan rings is 1. The molecule has 0 aliphatic rings. The van der Waals surface area contributed by atoms with Gasteiger partial charge in [-0.2, -0.15) is 0 Å². The predicted octanol–water partition coefficient (Wildman–Crippen LogP) is 4.66. The van der Waals surface area contributed by atoms with Crippen LogP contribution in [0.4, 0.5) is 0 Å². The molecule has 0 aliphatic heterocycles. The number of carbonyl (C=O) groups is 3. The van der Waals surface area contributed by atoms with Crippen LogP contribution >= 0.6 is 11.6 Å². The number of halogens is 1. The number of esters is 1. The summed E-state index contributed by atoms with van der Waals surface area (Å²) in [6, 6.07) is 6.48. The maximum Gasteiger partial charge on any atom is 0.374 e. The van der Waals surface area contributed by atoms with E-state index in [1.807, 2.05) is 0 Å². The molecule has 0 bridgehead atoms. The first kappa shape index (κ1) is 18.9. The monoisotopic (exact) mass is 387 g/mol. The Bertz CT molecular complexity index is 1080. The van der Waals surface area contributed by atoms with Crippen LogP contribution in [0.1, 0.15) is 56.5 Å². The van der Waals surface area contributed by atoms with E-state index in [-0.39, 0.29) is 17.2 Å². The van der Waals surface area contributed by atoms with E-state index < -0.39 is 17.9 Å². The summed E-state index contributed by atoms with van der Waals surface area (Å²) in [5.41, 5.74) is 2.38. The number of aromatic nitrogens is 1. The van der Waals surface area contributed by atoms with E-state index in [0.717, 1.165) is 0 Å². The Kier molecular flexibility index (Phi) is 4.93. The average molecular weight is 388 g/mol. The van der Waals surface area contributed by atoms with Gasteiger partial charge in [-0.1, -0.05) is 11.6 Å². The molecule has 0 fully saturated rings. The number of rotatable bonds is 5. The van der Waals surface area contributed by atoms with Crippen LogP contribution in [0.3, 0.4) is 0 Å². The number of hydrogen-bond donors (Lipinski definition) is 1. The second-order valence-electron chi connectivity index (χ2n) is 6.39. The number of aryl methyl sites for hydroxylation is 1. The number of benzene rings is 1. The summed E-state index contributed by atoms with van der Waals surface area (Å²) >= 11 is 5.92. The Morgan fingerprint density at radius 2 is 1.89 bits per heavy atom. The largest absolute Gasteiger partial charge is 0.449 e. The molecule has 7 heteroatoms. The lowest BCUT2D eigenvalue weighted by molar-refractivity contribution is 0.0289. The summed E-state index contributed by atoms with van der Waals surface area (Å²) in [6.07, 6.45) is -1.05. The Hall–Kier alpha value is -2.86. The molecule has 1 N–H and O–H groups in total. The van der Waals surface area contributed by atoms with Crippen LogP contribution in [0.25, 0.3) is 11.0 Å². The first-order chi connectivity index (χ1) is 12.7. The topological polar surface area (TPSA) is 89.4 Å². The zero-order valence-electron chi connectivity index (χ0n) is 15.3. The molecule has 0 saturated heterocycles. The smallest absolute Gasteiger partial charge is 0.374 e. The van der Waals surface area contributed by atoms with Gasteiger partial charge in [-0.25, -0.2) is 4.79 Å². The van der Waals surface area contributed by atoms with Crippen molar-refractivity contribution in [3.8, 4) is 0 Å². The Labute approximate surface area is 160 Å². The van der Waals surface area contributed by atoms with Gasteiger partial charge in [0.1, 0.15) is 5.58 Å². The number of ketones is 2. The van der Waals surface area contributed by atoms with Crippen molar-refractivity contribution in [1.82, 2.24) is 4.98 Å². The van der Waals surface area contributed by atoms with Crippen molar-refractivity contribution in [2.45, 2.75) is 33.8 Å². The highest BCUT2D eigenvalue weighted by molar-refractivity contribution is 6.31. The molecule has 1 atom stereocenters. The van der Waals surface area contributed by atoms with Crippen LogP contribution in [0, 0.1) is 13.8 Å². The minimum Gasteiger partial charge on any atom is -0.449 e. The molecule has 3 aromatic rings. The van der Waals surface area contributed by atoms with Crippen molar-refractivity contribution in [3.63, 3.8) is 0 Å². The van der Waals surface area contributed by atoms with E-state index in [4.69, 9.17) is 20.8 Å². The summed E-state index contributed by atoms with van der Waals surface area (Å²) in [5.74, 6) is -1.33. The molecule has 0 spiro atoms. The highest BCUT2D eigenvalue weighted by Crippen LogP contribution is 2.24. The predicted molar refractivity (Wildman–Crippen MR) is 101 cm³/mol. The fourth-order valence-electron chi connectivity index (χ4n) is 3.11. The van der Waals surface area contributed by atoms with E-state index in [1.54, 1.807) is 32.0 Å². The first-order valence-corrected chi connectivity index (χ1v) is 8.71. The zero-order valence-corrected chi connectivity index (χ0v) is 16.1. The van der Waals surface area contributed by atoms with Crippen molar-refractivity contribution >= 4 is 40.1 Å². The first-order valence-electron chi connectivity index (χ1n) is 8.33. The molecule has 27 heavy (non-hydrogen) atoms. The fourth-order valence-corrected chi connectivity index (χ4v) is 3.30. The number of hydrogen-bond acceptors (Lipinski definition) is 5. The molecule has 2 aromatic heterocycles. The summed E-state index contributed by atoms with van der Waals surface area (Å²) in [6.45, 7) is 6.32. The highest BCUT2D eigenvalue weighted by atomic mass is 35.5. The third-order valence-corrected chi connectivity index (χ3v) is 4.60. The normalized spacial score (nSPS) is 12.2. The summed E-state index contributed by atoms with van der Waals surface area (Å²) < 4.78 is 10.7. The van der Waals surface area contributed by atoms with Gasteiger partial charge in [0.25, 0.3) is 0 Å². The van der Waals surface area contributed by atoms with Gasteiger partial charge >= 0.3 is 5.97 Å². The minimum atomic E-state index is -1.05. The fraction of sp³-hybridized carbons (Fsp3) is 0.250. The SMILES string of the molecule is CC(=O)c1c(C)[nH]c(C(=O)[C@H](C)OC(=O)c2cc3cc(Cl)ccc3o2)c1C. The summed E-state index contributed by atoms with van der Waals surface area (Å²) in [7, 11) is 0. The molecule has 0 radical (unpaired) electrons. The number of Topliss-reactive ketones (excluding diaryl/α,β-unsaturated/α-hetero) is 2. The molecule has 2 heterocycles. The Balaban J connectivity index is 1.80. The van der Waals surface area contributed by atoms with E-state index >= 15 is 0 Å². The van der Waals surface area contributed by atoms with Crippen LogP contribution in [0.2, 0.25) is 5.02 Å². The van der Waals surface area contributed by atoms with Crippen LogP contribution in [0.15, 0.2) is 28.7 Å². The number of ether oxygens (including phenoxy) is 1. The lowest BCUT2D eigenvalue weighted by Crippen LogP contribution is -2.25. The number of H-pyrrole nitrogens is 1. The maximum atomic E-state index is 12.7. The van der Waals surface area contributed by atoms with Gasteiger partial charge in [-0.05, 0) is 57.5 Å². The molecule has 0 saturated carbocycles. The van der Waals surface area contributed by atoms with Crippen molar-refractivity contribution in [2.24, 2.45) is 0 Å². The second-order valence-corrected chi connectivity index (χ2v) is 6.82. The van der Waals surface area contributed by atoms with Gasteiger partial charge in [-0.15, -0.1) is 0 Å². The molecule has 0 amide bonds. The van der Waals surface area contributed by atoms with Crippen LogP contribution < -0.4 is 0 Å².